The van der Waals surface area contributed by atoms with Crippen LogP contribution in [0.2, 0.25) is 0 Å². The van der Waals surface area contributed by atoms with Gasteiger partial charge in [0.1, 0.15) is 5.82 Å². The highest BCUT2D eigenvalue weighted by Gasteiger charge is 2.33. The molecule has 1 aliphatic heterocycles. The van der Waals surface area contributed by atoms with E-state index >= 15 is 0 Å². The van der Waals surface area contributed by atoms with Crippen LogP contribution >= 0.6 is 11.8 Å². The van der Waals surface area contributed by atoms with E-state index in [-0.39, 0.29) is 10.1 Å². The number of rotatable bonds is 4. The summed E-state index contributed by atoms with van der Waals surface area (Å²) in [5.74, 6) is -5.56. The number of amidine groups is 1. The smallest absolute Gasteiger partial charge is 0.466 e. The van der Waals surface area contributed by atoms with Crippen LogP contribution in [0.25, 0.3) is 0 Å². The first-order valence-corrected chi connectivity index (χ1v) is 7.56. The fourth-order valence-corrected chi connectivity index (χ4v) is 2.39. The van der Waals surface area contributed by atoms with Crippen molar-refractivity contribution >= 4 is 35.0 Å². The fourth-order valence-electron chi connectivity index (χ4n) is 1.65. The fraction of sp³-hybridized carbons (Fsp3) is 0.143. The van der Waals surface area contributed by atoms with E-state index < -0.39 is 41.2 Å². The van der Waals surface area contributed by atoms with Crippen LogP contribution in [-0.4, -0.2) is 36.7 Å². The summed E-state index contributed by atoms with van der Waals surface area (Å²) < 4.78 is 71.9. The van der Waals surface area contributed by atoms with E-state index in [0.717, 1.165) is 13.2 Å². The predicted octanol–water partition coefficient (Wildman–Crippen LogP) is 2.47. The molecule has 0 radical (unpaired) electrons. The Kier molecular flexibility index (Phi) is 6.15. The Hall–Kier alpha value is -2.96. The van der Waals surface area contributed by atoms with Gasteiger partial charge >= 0.3 is 12.3 Å². The van der Waals surface area contributed by atoms with Gasteiger partial charge in [-0.15, -0.1) is 18.3 Å². The molecule has 0 bridgehead atoms. The summed E-state index contributed by atoms with van der Waals surface area (Å²) in [5, 5.41) is 8.87. The lowest BCUT2D eigenvalue weighted by Crippen LogP contribution is -2.19. The number of benzene rings is 1. The van der Waals surface area contributed by atoms with Gasteiger partial charge < -0.3 is 9.47 Å². The van der Waals surface area contributed by atoms with E-state index in [1.807, 2.05) is 0 Å². The van der Waals surface area contributed by atoms with Gasteiger partial charge in [-0.05, 0) is 23.9 Å². The van der Waals surface area contributed by atoms with Crippen molar-refractivity contribution in [1.82, 2.24) is 5.32 Å². The van der Waals surface area contributed by atoms with Gasteiger partial charge in [-0.2, -0.15) is 5.10 Å². The number of esters is 1. The second kappa shape index (κ2) is 8.16. The van der Waals surface area contributed by atoms with Crippen molar-refractivity contribution in [2.45, 2.75) is 6.36 Å². The Balaban J connectivity index is 2.20. The van der Waals surface area contributed by atoms with Gasteiger partial charge in [0, 0.05) is 6.08 Å². The van der Waals surface area contributed by atoms with Crippen LogP contribution < -0.4 is 10.1 Å². The number of amides is 1. The van der Waals surface area contributed by atoms with Crippen molar-refractivity contribution in [3.8, 4) is 5.75 Å². The third-order valence-corrected chi connectivity index (χ3v) is 3.65. The van der Waals surface area contributed by atoms with Crippen molar-refractivity contribution in [2.24, 2.45) is 10.2 Å². The number of ether oxygens (including phenoxy) is 2. The van der Waals surface area contributed by atoms with Crippen molar-refractivity contribution in [3.05, 3.63) is 40.3 Å². The van der Waals surface area contributed by atoms with Gasteiger partial charge in [-0.1, -0.05) is 0 Å². The minimum Gasteiger partial charge on any atom is -0.466 e. The summed E-state index contributed by atoms with van der Waals surface area (Å²) in [5.41, 5.74) is -0.930. The largest absolute Gasteiger partial charge is 0.573 e. The highest BCUT2D eigenvalue weighted by Crippen LogP contribution is 2.28. The summed E-state index contributed by atoms with van der Waals surface area (Å²) in [6.45, 7) is 0. The highest BCUT2D eigenvalue weighted by molar-refractivity contribution is 8.18. The Morgan fingerprint density at radius 3 is 2.63 bits per heavy atom. The molecule has 7 nitrogen and oxygen atoms in total. The predicted molar refractivity (Wildman–Crippen MR) is 83.9 cm³/mol. The first-order chi connectivity index (χ1) is 12.6. The van der Waals surface area contributed by atoms with Crippen LogP contribution in [0.1, 0.15) is 5.56 Å². The first-order valence-electron chi connectivity index (χ1n) is 6.74. The number of nitrogens with one attached hydrogen (secondary N) is 1. The van der Waals surface area contributed by atoms with Crippen LogP contribution in [0.15, 0.2) is 33.3 Å². The van der Waals surface area contributed by atoms with Crippen LogP contribution in [0.5, 0.6) is 5.75 Å². The number of halogens is 5. The Labute approximate surface area is 151 Å². The maximum atomic E-state index is 13.9. The molecule has 1 aromatic rings. The van der Waals surface area contributed by atoms with Crippen LogP contribution in [0.4, 0.5) is 22.0 Å². The number of methoxy groups -OCH3 is 1. The lowest BCUT2D eigenvalue weighted by atomic mass is 10.2. The molecule has 0 aliphatic carbocycles. The summed E-state index contributed by atoms with van der Waals surface area (Å²) in [6, 6.07) is 1.03. The third-order valence-electron chi connectivity index (χ3n) is 2.75. The van der Waals surface area contributed by atoms with Gasteiger partial charge in [0.15, 0.2) is 16.7 Å². The van der Waals surface area contributed by atoms with Gasteiger partial charge in [0.25, 0.3) is 5.91 Å². The molecule has 144 valence electrons. The monoisotopic (exact) mass is 409 g/mol. The van der Waals surface area contributed by atoms with Crippen molar-refractivity contribution in [1.29, 1.82) is 0 Å². The standard InChI is InChI=1S/C14H8F5N3O4S/c1-25-10(23)4-9-12(24)21-13(27-9)22-20-5-6-7(15)2-3-8(11(6)16)26-14(17,18)19/h2-5H,1H3,(H,21,22,24)/b9-4+,20-5?. The van der Waals surface area contributed by atoms with E-state index in [1.165, 1.54) is 0 Å². The second-order valence-corrected chi connectivity index (χ2v) is 5.59. The molecule has 13 heteroatoms. The minimum atomic E-state index is -5.17. The number of hydrogen-bond acceptors (Lipinski definition) is 7. The van der Waals surface area contributed by atoms with E-state index in [0.29, 0.717) is 30.1 Å². The van der Waals surface area contributed by atoms with Crippen LogP contribution in [0, 0.1) is 11.6 Å². The third kappa shape index (κ3) is 5.51. The Morgan fingerprint density at radius 1 is 1.30 bits per heavy atom. The SMILES string of the molecule is COC(=O)/C=C1/S/C(=N\N=Cc2c(F)ccc(OC(F)(F)F)c2F)NC1=O. The second-order valence-electron chi connectivity index (χ2n) is 4.56. The molecule has 1 saturated heterocycles. The molecule has 0 aromatic heterocycles. The molecule has 1 amide bonds. The molecule has 2 rings (SSSR count). The van der Waals surface area contributed by atoms with Gasteiger partial charge in [-0.3, -0.25) is 10.1 Å². The molecule has 1 aromatic carbocycles. The summed E-state index contributed by atoms with van der Waals surface area (Å²) in [6.07, 6.45) is -3.76. The lowest BCUT2D eigenvalue weighted by Gasteiger charge is -2.10. The molecule has 0 spiro atoms. The van der Waals surface area contributed by atoms with Gasteiger partial charge in [-0.25, -0.2) is 13.6 Å². The number of nitrogens with zero attached hydrogens (tertiary/aromatic N) is 2. The first kappa shape index (κ1) is 20.4. The van der Waals surface area contributed by atoms with Crippen molar-refractivity contribution < 1.29 is 41.0 Å². The van der Waals surface area contributed by atoms with E-state index in [4.69, 9.17) is 0 Å². The number of hydrogen-bond donors (Lipinski definition) is 1. The minimum absolute atomic E-state index is 0.0614. The van der Waals surface area contributed by atoms with Gasteiger partial charge in [0.05, 0.1) is 23.8 Å². The van der Waals surface area contributed by atoms with E-state index in [9.17, 15) is 31.5 Å². The maximum absolute atomic E-state index is 13.9. The zero-order chi connectivity index (χ0) is 20.2. The zero-order valence-electron chi connectivity index (χ0n) is 13.1. The molecule has 0 saturated carbocycles. The number of alkyl halides is 3. The number of thioether (sulfide) groups is 1. The number of carbonyl (C=O) groups excluding carboxylic acids is 2. The van der Waals surface area contributed by atoms with E-state index in [1.54, 1.807) is 0 Å². The van der Waals surface area contributed by atoms with Crippen LogP contribution in [0.3, 0.4) is 0 Å². The molecule has 27 heavy (non-hydrogen) atoms. The van der Waals surface area contributed by atoms with Gasteiger partial charge in [0.2, 0.25) is 0 Å². The number of carbonyl (C=O) groups is 2. The quantitative estimate of drug-likeness (QED) is 0.271. The van der Waals surface area contributed by atoms with Crippen molar-refractivity contribution in [2.75, 3.05) is 7.11 Å². The average molecular weight is 409 g/mol. The molecule has 0 atom stereocenters. The summed E-state index contributed by atoms with van der Waals surface area (Å²) in [7, 11) is 1.11. The topological polar surface area (TPSA) is 89.3 Å². The van der Waals surface area contributed by atoms with E-state index in [2.05, 4.69) is 25.0 Å². The average Bonchev–Trinajstić information content (AvgIpc) is 2.92. The Morgan fingerprint density at radius 2 is 2.00 bits per heavy atom. The summed E-state index contributed by atoms with van der Waals surface area (Å²) >= 11 is 0.692. The zero-order valence-corrected chi connectivity index (χ0v) is 14.0. The molecule has 1 fully saturated rings. The lowest BCUT2D eigenvalue weighted by molar-refractivity contribution is -0.275. The van der Waals surface area contributed by atoms with Crippen molar-refractivity contribution in [3.63, 3.8) is 0 Å². The Bertz CT molecular complexity index is 867. The van der Waals surface area contributed by atoms with Crippen LogP contribution in [-0.2, 0) is 14.3 Å². The molecule has 1 N–H and O–H groups in total. The normalized spacial score (nSPS) is 17.6. The molecule has 0 unspecified atom stereocenters. The molecular weight excluding hydrogens is 401 g/mol. The highest BCUT2D eigenvalue weighted by atomic mass is 32.2. The molecular formula is C14H8F5N3O4S. The summed E-state index contributed by atoms with van der Waals surface area (Å²) in [4.78, 5) is 22.6. The molecule has 1 heterocycles. The molecule has 1 aliphatic rings. The maximum Gasteiger partial charge on any atom is 0.573 e.